The van der Waals surface area contributed by atoms with Crippen molar-refractivity contribution in [3.63, 3.8) is 0 Å². The standard InChI is InChI=1S/C12H26N2/c1-10-6-8-13-11(10)7-9-14(5)12(2,3)4/h10-11,13H,6-9H2,1-5H3. The lowest BCUT2D eigenvalue weighted by molar-refractivity contribution is 0.165. The van der Waals surface area contributed by atoms with E-state index in [2.05, 4.69) is 45.0 Å². The third-order valence-corrected chi connectivity index (χ3v) is 3.61. The first-order chi connectivity index (χ1) is 6.41. The molecule has 0 saturated carbocycles. The van der Waals surface area contributed by atoms with Gasteiger partial charge in [0.1, 0.15) is 0 Å². The highest BCUT2D eigenvalue weighted by Crippen LogP contribution is 2.19. The van der Waals surface area contributed by atoms with Crippen LogP contribution in [0.5, 0.6) is 0 Å². The van der Waals surface area contributed by atoms with Crippen molar-refractivity contribution in [2.45, 2.75) is 52.1 Å². The van der Waals surface area contributed by atoms with Gasteiger partial charge in [0.05, 0.1) is 0 Å². The normalized spacial score (nSPS) is 28.7. The van der Waals surface area contributed by atoms with E-state index in [1.54, 1.807) is 0 Å². The van der Waals surface area contributed by atoms with Gasteiger partial charge in [0, 0.05) is 11.6 Å². The highest BCUT2D eigenvalue weighted by molar-refractivity contribution is 4.83. The molecule has 0 aromatic carbocycles. The third-order valence-electron chi connectivity index (χ3n) is 3.61. The van der Waals surface area contributed by atoms with Crippen LogP contribution in [0.2, 0.25) is 0 Å². The molecule has 2 heteroatoms. The van der Waals surface area contributed by atoms with E-state index < -0.39 is 0 Å². The Labute approximate surface area is 89.1 Å². The number of hydrogen-bond donors (Lipinski definition) is 1. The maximum atomic E-state index is 3.59. The Morgan fingerprint density at radius 2 is 2.00 bits per heavy atom. The summed E-state index contributed by atoms with van der Waals surface area (Å²) in [6.45, 7) is 11.6. The number of rotatable bonds is 3. The van der Waals surface area contributed by atoms with Gasteiger partial charge in [0.15, 0.2) is 0 Å². The number of nitrogens with zero attached hydrogens (tertiary/aromatic N) is 1. The third kappa shape index (κ3) is 3.25. The summed E-state index contributed by atoms with van der Waals surface area (Å²) in [7, 11) is 2.22. The van der Waals surface area contributed by atoms with Crippen LogP contribution >= 0.6 is 0 Å². The Morgan fingerprint density at radius 3 is 2.43 bits per heavy atom. The smallest absolute Gasteiger partial charge is 0.0122 e. The maximum absolute atomic E-state index is 3.59. The zero-order chi connectivity index (χ0) is 10.8. The summed E-state index contributed by atoms with van der Waals surface area (Å²) in [6, 6.07) is 0.750. The van der Waals surface area contributed by atoms with Gasteiger partial charge in [-0.15, -0.1) is 0 Å². The average Bonchev–Trinajstić information content (AvgIpc) is 2.45. The first-order valence-electron chi connectivity index (χ1n) is 5.86. The van der Waals surface area contributed by atoms with E-state index in [1.807, 2.05) is 0 Å². The fourth-order valence-corrected chi connectivity index (χ4v) is 1.95. The highest BCUT2D eigenvalue weighted by atomic mass is 15.2. The molecule has 0 aromatic rings. The fourth-order valence-electron chi connectivity index (χ4n) is 1.95. The summed E-state index contributed by atoms with van der Waals surface area (Å²) in [5.74, 6) is 0.864. The van der Waals surface area contributed by atoms with Gasteiger partial charge in [-0.05, 0) is 59.7 Å². The molecule has 0 aromatic heterocycles. The minimum absolute atomic E-state index is 0.307. The molecule has 1 rings (SSSR count). The molecule has 14 heavy (non-hydrogen) atoms. The zero-order valence-electron chi connectivity index (χ0n) is 10.4. The quantitative estimate of drug-likeness (QED) is 0.747. The molecular weight excluding hydrogens is 172 g/mol. The van der Waals surface area contributed by atoms with Crippen LogP contribution in [0, 0.1) is 5.92 Å². The molecule has 0 amide bonds. The molecule has 2 unspecified atom stereocenters. The number of hydrogen-bond acceptors (Lipinski definition) is 2. The highest BCUT2D eigenvalue weighted by Gasteiger charge is 2.24. The molecule has 2 nitrogen and oxygen atoms in total. The maximum Gasteiger partial charge on any atom is 0.0122 e. The van der Waals surface area contributed by atoms with E-state index in [-0.39, 0.29) is 0 Å². The summed E-state index contributed by atoms with van der Waals surface area (Å²) in [4.78, 5) is 2.44. The fraction of sp³-hybridized carbons (Fsp3) is 1.00. The Bertz CT molecular complexity index is 170. The number of nitrogens with one attached hydrogen (secondary N) is 1. The molecule has 1 aliphatic heterocycles. The lowest BCUT2D eigenvalue weighted by Crippen LogP contribution is -2.41. The minimum atomic E-state index is 0.307. The molecular formula is C12H26N2. The van der Waals surface area contributed by atoms with Crippen molar-refractivity contribution >= 4 is 0 Å². The van der Waals surface area contributed by atoms with E-state index in [9.17, 15) is 0 Å². The monoisotopic (exact) mass is 198 g/mol. The van der Waals surface area contributed by atoms with E-state index in [4.69, 9.17) is 0 Å². The van der Waals surface area contributed by atoms with E-state index in [0.717, 1.165) is 12.0 Å². The molecule has 84 valence electrons. The van der Waals surface area contributed by atoms with Gasteiger partial charge in [-0.1, -0.05) is 6.92 Å². The molecule has 0 aliphatic carbocycles. The zero-order valence-corrected chi connectivity index (χ0v) is 10.4. The van der Waals surface area contributed by atoms with Gasteiger partial charge in [0.25, 0.3) is 0 Å². The van der Waals surface area contributed by atoms with Crippen LogP contribution in [0.3, 0.4) is 0 Å². The average molecular weight is 198 g/mol. The van der Waals surface area contributed by atoms with Crippen molar-refractivity contribution in [2.24, 2.45) is 5.92 Å². The van der Waals surface area contributed by atoms with Crippen molar-refractivity contribution in [1.82, 2.24) is 10.2 Å². The lowest BCUT2D eigenvalue weighted by atomic mass is 9.99. The Hall–Kier alpha value is -0.0800. The first kappa shape index (κ1) is 12.0. The summed E-state index contributed by atoms with van der Waals surface area (Å²) < 4.78 is 0. The van der Waals surface area contributed by atoms with Crippen LogP contribution in [-0.2, 0) is 0 Å². The summed E-state index contributed by atoms with van der Waals surface area (Å²) in [6.07, 6.45) is 2.64. The molecule has 0 spiro atoms. The molecule has 2 atom stereocenters. The van der Waals surface area contributed by atoms with Crippen molar-refractivity contribution in [2.75, 3.05) is 20.1 Å². The van der Waals surface area contributed by atoms with E-state index >= 15 is 0 Å². The molecule has 1 N–H and O–H groups in total. The SMILES string of the molecule is CC1CCNC1CCN(C)C(C)(C)C. The van der Waals surface area contributed by atoms with E-state index in [0.29, 0.717) is 5.54 Å². The van der Waals surface area contributed by atoms with Gasteiger partial charge in [-0.3, -0.25) is 0 Å². The van der Waals surface area contributed by atoms with Gasteiger partial charge in [0.2, 0.25) is 0 Å². The van der Waals surface area contributed by atoms with Crippen LogP contribution in [0.4, 0.5) is 0 Å². The van der Waals surface area contributed by atoms with Gasteiger partial charge < -0.3 is 10.2 Å². The molecule has 1 fully saturated rings. The Balaban J connectivity index is 2.26. The van der Waals surface area contributed by atoms with Crippen LogP contribution in [0.1, 0.15) is 40.5 Å². The summed E-state index contributed by atoms with van der Waals surface area (Å²) in [5.41, 5.74) is 0.307. The largest absolute Gasteiger partial charge is 0.314 e. The Kier molecular flexibility index (Phi) is 3.96. The van der Waals surface area contributed by atoms with Gasteiger partial charge in [-0.25, -0.2) is 0 Å². The molecule has 1 heterocycles. The van der Waals surface area contributed by atoms with Crippen LogP contribution in [-0.4, -0.2) is 36.6 Å². The predicted octanol–water partition coefficient (Wildman–Crippen LogP) is 2.10. The van der Waals surface area contributed by atoms with Gasteiger partial charge >= 0.3 is 0 Å². The van der Waals surface area contributed by atoms with Crippen molar-refractivity contribution in [1.29, 1.82) is 0 Å². The summed E-state index contributed by atoms with van der Waals surface area (Å²) >= 11 is 0. The second-order valence-corrected chi connectivity index (χ2v) is 5.71. The molecule has 0 radical (unpaired) electrons. The van der Waals surface area contributed by atoms with Crippen molar-refractivity contribution in [3.05, 3.63) is 0 Å². The van der Waals surface area contributed by atoms with Crippen LogP contribution < -0.4 is 5.32 Å². The van der Waals surface area contributed by atoms with E-state index in [1.165, 1.54) is 25.9 Å². The second-order valence-electron chi connectivity index (χ2n) is 5.71. The second kappa shape index (κ2) is 4.63. The van der Waals surface area contributed by atoms with Crippen molar-refractivity contribution in [3.8, 4) is 0 Å². The Morgan fingerprint density at radius 1 is 1.36 bits per heavy atom. The minimum Gasteiger partial charge on any atom is -0.314 e. The van der Waals surface area contributed by atoms with Crippen molar-refractivity contribution < 1.29 is 0 Å². The topological polar surface area (TPSA) is 15.3 Å². The summed E-state index contributed by atoms with van der Waals surface area (Å²) in [5, 5.41) is 3.59. The lowest BCUT2D eigenvalue weighted by Gasteiger charge is -2.33. The van der Waals surface area contributed by atoms with Gasteiger partial charge in [-0.2, -0.15) is 0 Å². The molecule has 1 aliphatic rings. The van der Waals surface area contributed by atoms with Crippen LogP contribution in [0.25, 0.3) is 0 Å². The molecule has 1 saturated heterocycles. The van der Waals surface area contributed by atoms with Crippen LogP contribution in [0.15, 0.2) is 0 Å². The first-order valence-corrected chi connectivity index (χ1v) is 5.86. The molecule has 0 bridgehead atoms. The predicted molar refractivity (Wildman–Crippen MR) is 62.6 cm³/mol.